The molecule has 0 saturated heterocycles. The minimum absolute atomic E-state index is 0. The number of hydrogen-bond donors (Lipinski definition) is 0. The molecule has 2 aliphatic carbocycles. The summed E-state index contributed by atoms with van der Waals surface area (Å²) in [6.45, 7) is 9.02. The van der Waals surface area contributed by atoms with Crippen molar-refractivity contribution in [3.63, 3.8) is 0 Å². The number of rotatable bonds is 3. The molecule has 0 bridgehead atoms. The van der Waals surface area contributed by atoms with Crippen LogP contribution < -0.4 is 35.3 Å². The van der Waals surface area contributed by atoms with Crippen LogP contribution in [0.3, 0.4) is 0 Å². The van der Waals surface area contributed by atoms with Gasteiger partial charge in [0.2, 0.25) is 0 Å². The van der Waals surface area contributed by atoms with Gasteiger partial charge in [-0.25, -0.2) is 0 Å². The fourth-order valence-corrected chi connectivity index (χ4v) is 6.68. The molecule has 0 spiro atoms. The van der Waals surface area contributed by atoms with Crippen LogP contribution in [0.15, 0.2) is 109 Å². The fourth-order valence-electron chi connectivity index (χ4n) is 6.68. The number of benzene rings is 5. The molecule has 0 heterocycles. The summed E-state index contributed by atoms with van der Waals surface area (Å²) in [6.07, 6.45) is 6.28. The van der Waals surface area contributed by atoms with Gasteiger partial charge in [-0.3, -0.25) is 0 Å². The van der Waals surface area contributed by atoms with Crippen LogP contribution in [0, 0.1) is 20.8 Å². The minimum Gasteiger partial charge on any atom is -1.00 e. The Balaban J connectivity index is 0.00000135. The van der Waals surface area contributed by atoms with Crippen molar-refractivity contribution in [3.8, 4) is 11.1 Å². The smallest absolute Gasteiger partial charge is 1.00 e. The maximum Gasteiger partial charge on any atom is 3.00 e. The number of hydrogen-bond acceptors (Lipinski definition) is 0. The van der Waals surface area contributed by atoms with Crippen LogP contribution in [0.2, 0.25) is 0 Å². The summed E-state index contributed by atoms with van der Waals surface area (Å²) < 4.78 is 0. The summed E-state index contributed by atoms with van der Waals surface area (Å²) in [4.78, 5) is 0. The van der Waals surface area contributed by atoms with E-state index in [0.29, 0.717) is 0 Å². The van der Waals surface area contributed by atoms with E-state index >= 15 is 0 Å². The quantitative estimate of drug-likeness (QED) is 0.255. The second-order valence-corrected chi connectivity index (χ2v) is 11.1. The Morgan fingerprint density at radius 1 is 0.667 bits per heavy atom. The van der Waals surface area contributed by atoms with E-state index in [1.807, 2.05) is 0 Å². The molecule has 0 nitrogen and oxygen atoms in total. The van der Waals surface area contributed by atoms with Crippen LogP contribution in [0.1, 0.15) is 62.9 Å². The summed E-state index contributed by atoms with van der Waals surface area (Å²) in [5, 5.41) is 2.55. The molecule has 0 saturated carbocycles. The van der Waals surface area contributed by atoms with Gasteiger partial charge < -0.3 is 24.8 Å². The zero-order chi connectivity index (χ0) is 26.7. The van der Waals surface area contributed by atoms with Crippen LogP contribution in [0.5, 0.6) is 0 Å². The predicted octanol–water partition coefficient (Wildman–Crippen LogP) is 2.10. The molecule has 7 rings (SSSR count). The van der Waals surface area contributed by atoms with Gasteiger partial charge >= 0.3 is 26.2 Å². The predicted molar refractivity (Wildman–Crippen MR) is 164 cm³/mol. The Labute approximate surface area is 280 Å². The summed E-state index contributed by atoms with van der Waals surface area (Å²) in [6, 6.07) is 37.7. The third-order valence-corrected chi connectivity index (χ3v) is 8.54. The zero-order valence-corrected chi connectivity index (χ0v) is 28.2. The van der Waals surface area contributed by atoms with Gasteiger partial charge in [0, 0.05) is 5.92 Å². The molecule has 1 atom stereocenters. The van der Waals surface area contributed by atoms with Crippen molar-refractivity contribution >= 4 is 17.7 Å². The van der Waals surface area contributed by atoms with E-state index in [1.54, 1.807) is 0 Å². The van der Waals surface area contributed by atoms with E-state index in [9.17, 15) is 0 Å². The van der Waals surface area contributed by atoms with Crippen molar-refractivity contribution in [1.82, 2.24) is 0 Å². The Hall–Kier alpha value is -2.96. The van der Waals surface area contributed by atoms with E-state index in [4.69, 9.17) is 0 Å². The van der Waals surface area contributed by atoms with Gasteiger partial charge in [0.1, 0.15) is 0 Å². The third-order valence-electron chi connectivity index (χ3n) is 8.54. The number of fused-ring (bicyclic) bond motifs is 4. The summed E-state index contributed by atoms with van der Waals surface area (Å²) in [7, 11) is 0. The van der Waals surface area contributed by atoms with Crippen LogP contribution in [0.25, 0.3) is 28.9 Å². The molecule has 3 heteroatoms. The third kappa shape index (κ3) is 5.22. The molecule has 2 aliphatic rings. The maximum absolute atomic E-state index is 3.88. The maximum atomic E-state index is 3.88. The molecule has 0 aromatic heterocycles. The molecule has 1 radical (unpaired) electrons. The molecule has 42 heavy (non-hydrogen) atoms. The van der Waals surface area contributed by atoms with Crippen molar-refractivity contribution < 1.29 is 51.0 Å². The van der Waals surface area contributed by atoms with Crippen LogP contribution in [-0.2, 0) is 26.2 Å². The number of aryl methyl sites for hydroxylation is 2. The topological polar surface area (TPSA) is 0 Å². The monoisotopic (exact) mass is 659 g/mol. The second-order valence-electron chi connectivity index (χ2n) is 11.1. The van der Waals surface area contributed by atoms with Crippen LogP contribution in [0.4, 0.5) is 0 Å². The van der Waals surface area contributed by atoms with Gasteiger partial charge in [-0.05, 0) is 66.3 Å². The number of allylic oxidation sites excluding steroid dienone is 1. The molecule has 1 unspecified atom stereocenters. The molecule has 0 aliphatic heterocycles. The molecular formula is C39H31Cl2Zr. The Kier molecular flexibility index (Phi) is 9.69. The van der Waals surface area contributed by atoms with E-state index in [-0.39, 0.29) is 56.9 Å². The molecule has 5 aromatic carbocycles. The van der Waals surface area contributed by atoms with Crippen molar-refractivity contribution in [2.45, 2.75) is 33.6 Å². The first-order chi connectivity index (χ1) is 19.0. The first-order valence-corrected chi connectivity index (χ1v) is 13.8. The average Bonchev–Trinajstić information content (AvgIpc) is 3.47. The largest absolute Gasteiger partial charge is 3.00 e. The molecule has 205 valence electrons. The zero-order valence-electron chi connectivity index (χ0n) is 24.2. The van der Waals surface area contributed by atoms with Gasteiger partial charge in [-0.2, -0.15) is 0 Å². The van der Waals surface area contributed by atoms with Crippen molar-refractivity contribution in [2.75, 3.05) is 0 Å². The Bertz CT molecular complexity index is 1900. The van der Waals surface area contributed by atoms with Crippen molar-refractivity contribution in [3.05, 3.63) is 169 Å². The van der Waals surface area contributed by atoms with Gasteiger partial charge in [0.15, 0.2) is 0 Å². The van der Waals surface area contributed by atoms with Gasteiger partial charge in [-0.1, -0.05) is 125 Å². The van der Waals surface area contributed by atoms with E-state index < -0.39 is 0 Å². The Morgan fingerprint density at radius 2 is 1.31 bits per heavy atom. The summed E-state index contributed by atoms with van der Waals surface area (Å²) in [5.41, 5.74) is 17.0. The van der Waals surface area contributed by atoms with E-state index in [0.717, 1.165) is 0 Å². The molecule has 0 N–H and O–H groups in total. The SMILES string of the molecule is CC1=Cc2c(C)cccc2C1c1c(C)c(=C(c2ccccc2)c2ccccc2)cc2c1=[C-]c1cc(C)ccc1-2.[Cl-].[Cl-].[Zr+3]. The normalized spacial score (nSPS) is 13.7. The van der Waals surface area contributed by atoms with Crippen LogP contribution >= 0.6 is 0 Å². The van der Waals surface area contributed by atoms with E-state index in [2.05, 4.69) is 143 Å². The van der Waals surface area contributed by atoms with Crippen molar-refractivity contribution in [1.29, 1.82) is 0 Å². The molecule has 5 aromatic rings. The van der Waals surface area contributed by atoms with Crippen molar-refractivity contribution in [2.24, 2.45) is 0 Å². The number of halogens is 2. The molecule has 0 fully saturated rings. The summed E-state index contributed by atoms with van der Waals surface area (Å²) >= 11 is 0. The van der Waals surface area contributed by atoms with E-state index in [1.165, 1.54) is 82.8 Å². The average molecular weight is 662 g/mol. The first kappa shape index (κ1) is 32.0. The Morgan fingerprint density at radius 3 is 1.95 bits per heavy atom. The molecule has 0 amide bonds. The first-order valence-electron chi connectivity index (χ1n) is 13.8. The minimum atomic E-state index is 0. The van der Waals surface area contributed by atoms with Gasteiger partial charge in [0.25, 0.3) is 0 Å². The van der Waals surface area contributed by atoms with Gasteiger partial charge in [0.05, 0.1) is 0 Å². The van der Waals surface area contributed by atoms with Gasteiger partial charge in [-0.15, -0.1) is 34.1 Å². The summed E-state index contributed by atoms with van der Waals surface area (Å²) in [5.74, 6) is 0.212. The fraction of sp³-hybridized carbons (Fsp3) is 0.128. The second kappa shape index (κ2) is 12.7. The standard InChI is InChI=1S/C39H31.2ClH.Zr/c1-24-18-19-31-30(20-24)22-36-35(31)23-34(39(28-13-7-5-8-14-28)29-15-9-6-10-16-29)27(4)38(36)37-26(3)21-33-25(2)12-11-17-32(33)37;;;/h5-21,23,37H,1-4H3;2*1H;/q-1;;;+3/p-2. The van der Waals surface area contributed by atoms with Crippen LogP contribution in [-0.4, -0.2) is 0 Å². The molecular weight excluding hydrogens is 631 g/mol.